The number of hydrogen-bond donors (Lipinski definition) is 2. The van der Waals surface area contributed by atoms with Crippen molar-refractivity contribution in [1.82, 2.24) is 5.32 Å². The Kier molecular flexibility index (Phi) is 3.35. The van der Waals surface area contributed by atoms with Crippen LogP contribution in [0.5, 0.6) is 0 Å². The van der Waals surface area contributed by atoms with Crippen molar-refractivity contribution in [3.63, 3.8) is 0 Å². The molecule has 7 heteroatoms. The average Bonchev–Trinajstić information content (AvgIpc) is 2.61. The standard InChI is InChI=1S/C8H9F3N2O2/c9-8(10,11)4-13-7(14)5-1-6(2-12)15-3-5/h1,3H,2,4,12H2,(H,13,14). The van der Waals surface area contributed by atoms with Gasteiger partial charge in [0.15, 0.2) is 0 Å². The minimum atomic E-state index is -4.42. The predicted molar refractivity (Wildman–Crippen MR) is 45.0 cm³/mol. The van der Waals surface area contributed by atoms with E-state index in [2.05, 4.69) is 0 Å². The molecule has 0 saturated heterocycles. The predicted octanol–water partition coefficient (Wildman–Crippen LogP) is 1.03. The van der Waals surface area contributed by atoms with Gasteiger partial charge < -0.3 is 15.5 Å². The third kappa shape index (κ3) is 3.62. The summed E-state index contributed by atoms with van der Waals surface area (Å²) in [4.78, 5) is 11.1. The maximum Gasteiger partial charge on any atom is 0.405 e. The van der Waals surface area contributed by atoms with Crippen molar-refractivity contribution in [1.29, 1.82) is 0 Å². The molecule has 0 aliphatic carbocycles. The first-order valence-electron chi connectivity index (χ1n) is 4.05. The van der Waals surface area contributed by atoms with Crippen molar-refractivity contribution in [2.24, 2.45) is 5.73 Å². The number of nitrogens with two attached hydrogens (primary N) is 1. The molecule has 0 aromatic carbocycles. The van der Waals surface area contributed by atoms with Crippen LogP contribution in [-0.4, -0.2) is 18.6 Å². The summed E-state index contributed by atoms with van der Waals surface area (Å²) >= 11 is 0. The van der Waals surface area contributed by atoms with Crippen LogP contribution in [0.1, 0.15) is 16.1 Å². The molecule has 0 atom stereocenters. The smallest absolute Gasteiger partial charge is 0.405 e. The van der Waals surface area contributed by atoms with Gasteiger partial charge in [0.25, 0.3) is 5.91 Å². The van der Waals surface area contributed by atoms with Crippen LogP contribution in [0.25, 0.3) is 0 Å². The average molecular weight is 222 g/mol. The SMILES string of the molecule is NCc1cc(C(=O)NCC(F)(F)F)co1. The maximum atomic E-state index is 11.7. The molecule has 0 bridgehead atoms. The van der Waals surface area contributed by atoms with Crippen LogP contribution in [0.15, 0.2) is 16.7 Å². The molecule has 0 spiro atoms. The lowest BCUT2D eigenvalue weighted by atomic mass is 10.3. The molecule has 0 radical (unpaired) electrons. The van der Waals surface area contributed by atoms with Gasteiger partial charge >= 0.3 is 6.18 Å². The fourth-order valence-electron chi connectivity index (χ4n) is 0.889. The molecular weight excluding hydrogens is 213 g/mol. The van der Waals surface area contributed by atoms with Crippen LogP contribution < -0.4 is 11.1 Å². The van der Waals surface area contributed by atoms with Crippen molar-refractivity contribution in [2.75, 3.05) is 6.54 Å². The van der Waals surface area contributed by atoms with Gasteiger partial charge in [-0.1, -0.05) is 0 Å². The minimum absolute atomic E-state index is 0.0275. The molecule has 0 saturated carbocycles. The van der Waals surface area contributed by atoms with E-state index in [-0.39, 0.29) is 12.1 Å². The summed E-state index contributed by atoms with van der Waals surface area (Å²) in [6.45, 7) is -1.28. The molecular formula is C8H9F3N2O2. The Bertz CT molecular complexity index is 346. The summed E-state index contributed by atoms with van der Waals surface area (Å²) in [5.74, 6) is -0.497. The Morgan fingerprint density at radius 3 is 2.67 bits per heavy atom. The summed E-state index contributed by atoms with van der Waals surface area (Å²) < 4.78 is 40.0. The number of amides is 1. The van der Waals surface area contributed by atoms with Gasteiger partial charge in [-0.15, -0.1) is 0 Å². The Labute approximate surface area is 83.2 Å². The summed E-state index contributed by atoms with van der Waals surface area (Å²) in [5, 5.41) is 1.71. The number of furan rings is 1. The lowest BCUT2D eigenvalue weighted by molar-refractivity contribution is -0.123. The molecule has 1 rings (SSSR count). The monoisotopic (exact) mass is 222 g/mol. The number of nitrogens with one attached hydrogen (secondary N) is 1. The molecule has 84 valence electrons. The zero-order valence-electron chi connectivity index (χ0n) is 7.60. The van der Waals surface area contributed by atoms with Gasteiger partial charge in [-0.05, 0) is 6.07 Å². The maximum absolute atomic E-state index is 11.7. The third-order valence-electron chi connectivity index (χ3n) is 1.57. The molecule has 0 fully saturated rings. The zero-order chi connectivity index (χ0) is 11.5. The molecule has 1 heterocycles. The Balaban J connectivity index is 2.54. The number of rotatable bonds is 3. The van der Waals surface area contributed by atoms with Gasteiger partial charge in [0, 0.05) is 0 Å². The summed E-state index contributed by atoms with van der Waals surface area (Å²) in [6.07, 6.45) is -3.36. The van der Waals surface area contributed by atoms with Crippen LogP contribution in [-0.2, 0) is 6.54 Å². The van der Waals surface area contributed by atoms with Gasteiger partial charge in [-0.3, -0.25) is 4.79 Å². The van der Waals surface area contributed by atoms with Gasteiger partial charge in [0.05, 0.1) is 12.1 Å². The van der Waals surface area contributed by atoms with Crippen LogP contribution in [0.4, 0.5) is 13.2 Å². The molecule has 0 aliphatic rings. The zero-order valence-corrected chi connectivity index (χ0v) is 7.60. The second kappa shape index (κ2) is 4.35. The topological polar surface area (TPSA) is 68.3 Å². The lowest BCUT2D eigenvalue weighted by Gasteiger charge is -2.06. The number of carbonyl (C=O) groups is 1. The van der Waals surface area contributed by atoms with Gasteiger partial charge in [-0.25, -0.2) is 0 Å². The first kappa shape index (κ1) is 11.6. The lowest BCUT2D eigenvalue weighted by Crippen LogP contribution is -2.33. The van der Waals surface area contributed by atoms with Crippen molar-refractivity contribution in [3.8, 4) is 0 Å². The molecule has 1 amide bonds. The van der Waals surface area contributed by atoms with E-state index in [0.29, 0.717) is 5.76 Å². The van der Waals surface area contributed by atoms with Crippen molar-refractivity contribution in [3.05, 3.63) is 23.7 Å². The summed E-state index contributed by atoms with van der Waals surface area (Å²) in [6, 6.07) is 1.30. The van der Waals surface area contributed by atoms with Crippen molar-refractivity contribution >= 4 is 5.91 Å². The largest absolute Gasteiger partial charge is 0.467 e. The molecule has 0 aliphatic heterocycles. The number of carbonyl (C=O) groups excluding carboxylic acids is 1. The van der Waals surface area contributed by atoms with Crippen LogP contribution in [0.3, 0.4) is 0 Å². The summed E-state index contributed by atoms with van der Waals surface area (Å²) in [5.41, 5.74) is 5.23. The van der Waals surface area contributed by atoms with E-state index in [1.807, 2.05) is 0 Å². The summed E-state index contributed by atoms with van der Waals surface area (Å²) in [7, 11) is 0. The molecule has 3 N–H and O–H groups in total. The highest BCUT2D eigenvalue weighted by molar-refractivity contribution is 5.93. The molecule has 1 aromatic heterocycles. The van der Waals surface area contributed by atoms with E-state index < -0.39 is 18.6 Å². The second-order valence-electron chi connectivity index (χ2n) is 2.80. The van der Waals surface area contributed by atoms with Crippen molar-refractivity contribution < 1.29 is 22.4 Å². The fraction of sp³-hybridized carbons (Fsp3) is 0.375. The van der Waals surface area contributed by atoms with E-state index in [1.165, 1.54) is 6.07 Å². The van der Waals surface area contributed by atoms with E-state index in [0.717, 1.165) is 6.26 Å². The van der Waals surface area contributed by atoms with Crippen molar-refractivity contribution in [2.45, 2.75) is 12.7 Å². The van der Waals surface area contributed by atoms with Gasteiger partial charge in [-0.2, -0.15) is 13.2 Å². The number of hydrogen-bond acceptors (Lipinski definition) is 3. The fourth-order valence-corrected chi connectivity index (χ4v) is 0.889. The van der Waals surface area contributed by atoms with E-state index in [1.54, 1.807) is 5.32 Å². The third-order valence-corrected chi connectivity index (χ3v) is 1.57. The first-order valence-corrected chi connectivity index (χ1v) is 4.05. The first-order chi connectivity index (χ1) is 6.92. The highest BCUT2D eigenvalue weighted by Crippen LogP contribution is 2.13. The molecule has 0 unspecified atom stereocenters. The number of alkyl halides is 3. The van der Waals surface area contributed by atoms with Crippen LogP contribution in [0, 0.1) is 0 Å². The Morgan fingerprint density at radius 2 is 2.20 bits per heavy atom. The molecule has 1 aromatic rings. The Morgan fingerprint density at radius 1 is 1.53 bits per heavy atom. The highest BCUT2D eigenvalue weighted by atomic mass is 19.4. The normalized spacial score (nSPS) is 11.5. The second-order valence-corrected chi connectivity index (χ2v) is 2.80. The number of halogens is 3. The Hall–Kier alpha value is -1.50. The van der Waals surface area contributed by atoms with E-state index in [4.69, 9.17) is 10.2 Å². The highest BCUT2D eigenvalue weighted by Gasteiger charge is 2.28. The minimum Gasteiger partial charge on any atom is -0.467 e. The molecule has 15 heavy (non-hydrogen) atoms. The van der Waals surface area contributed by atoms with Crippen LogP contribution >= 0.6 is 0 Å². The quantitative estimate of drug-likeness (QED) is 0.802. The van der Waals surface area contributed by atoms with Gasteiger partial charge in [0.2, 0.25) is 0 Å². The van der Waals surface area contributed by atoms with Gasteiger partial charge in [0.1, 0.15) is 18.6 Å². The van der Waals surface area contributed by atoms with Crippen LogP contribution in [0.2, 0.25) is 0 Å². The molecule has 4 nitrogen and oxygen atoms in total. The van der Waals surface area contributed by atoms with E-state index >= 15 is 0 Å². The van der Waals surface area contributed by atoms with E-state index in [9.17, 15) is 18.0 Å².